The second-order valence-corrected chi connectivity index (χ2v) is 6.31. The van der Waals surface area contributed by atoms with Gasteiger partial charge in [0.15, 0.2) is 5.25 Å². The summed E-state index contributed by atoms with van der Waals surface area (Å²) >= 11 is 0. The summed E-state index contributed by atoms with van der Waals surface area (Å²) in [5.74, 6) is 0. The smallest absolute Gasteiger partial charge is 0.230 e. The van der Waals surface area contributed by atoms with Crippen molar-refractivity contribution in [2.24, 2.45) is 0 Å². The molecule has 1 heterocycles. The van der Waals surface area contributed by atoms with Crippen LogP contribution in [0.5, 0.6) is 0 Å². The number of hydrogen-bond donors (Lipinski definition) is 0. The van der Waals surface area contributed by atoms with Gasteiger partial charge in [-0.25, -0.2) is 8.42 Å². The van der Waals surface area contributed by atoms with Crippen molar-refractivity contribution >= 4 is 10.0 Å². The summed E-state index contributed by atoms with van der Waals surface area (Å²) in [4.78, 5) is 1.93. The zero-order valence-electron chi connectivity index (χ0n) is 10.00. The summed E-state index contributed by atoms with van der Waals surface area (Å²) in [6.07, 6.45) is 0. The van der Waals surface area contributed by atoms with E-state index in [0.717, 1.165) is 0 Å². The standard InChI is InChI=1S/C10H16N4O2S/c1-9(7-11)13-3-5-14(6-4-13)17(15,16)10(2)8-12/h9-10H,3-6H2,1-2H3. The van der Waals surface area contributed by atoms with Gasteiger partial charge in [0.1, 0.15) is 0 Å². The van der Waals surface area contributed by atoms with Crippen molar-refractivity contribution in [1.82, 2.24) is 9.21 Å². The Kier molecular flexibility index (Phi) is 4.47. The highest BCUT2D eigenvalue weighted by atomic mass is 32.2. The van der Waals surface area contributed by atoms with E-state index in [1.165, 1.54) is 11.2 Å². The van der Waals surface area contributed by atoms with Crippen LogP contribution in [0.1, 0.15) is 13.8 Å². The van der Waals surface area contributed by atoms with E-state index in [0.29, 0.717) is 26.2 Å². The molecule has 2 unspecified atom stereocenters. The summed E-state index contributed by atoms with van der Waals surface area (Å²) in [6.45, 7) is 4.95. The Hall–Kier alpha value is -1.15. The minimum atomic E-state index is -3.51. The molecule has 1 fully saturated rings. The third kappa shape index (κ3) is 2.95. The highest BCUT2D eigenvalue weighted by Gasteiger charge is 2.32. The topological polar surface area (TPSA) is 88.2 Å². The van der Waals surface area contributed by atoms with Gasteiger partial charge in [-0.05, 0) is 13.8 Å². The molecule has 0 aromatic carbocycles. The highest BCUT2D eigenvalue weighted by Crippen LogP contribution is 2.13. The highest BCUT2D eigenvalue weighted by molar-refractivity contribution is 7.89. The fraction of sp³-hybridized carbons (Fsp3) is 0.800. The zero-order chi connectivity index (χ0) is 13.1. The van der Waals surface area contributed by atoms with Crippen molar-refractivity contribution < 1.29 is 8.42 Å². The number of nitriles is 2. The lowest BCUT2D eigenvalue weighted by atomic mass is 10.2. The number of sulfonamides is 1. The fourth-order valence-electron chi connectivity index (χ4n) is 1.72. The quantitative estimate of drug-likeness (QED) is 0.695. The zero-order valence-corrected chi connectivity index (χ0v) is 10.8. The van der Waals surface area contributed by atoms with E-state index in [1.54, 1.807) is 13.0 Å². The monoisotopic (exact) mass is 256 g/mol. The summed E-state index contributed by atoms with van der Waals surface area (Å²) in [5, 5.41) is 16.4. The number of piperazine rings is 1. The first kappa shape index (κ1) is 13.9. The Morgan fingerprint density at radius 2 is 1.59 bits per heavy atom. The molecule has 1 saturated heterocycles. The molecule has 6 nitrogen and oxygen atoms in total. The molecule has 0 bridgehead atoms. The van der Waals surface area contributed by atoms with E-state index in [1.807, 2.05) is 4.90 Å². The Balaban J connectivity index is 2.66. The Labute approximate surface area is 102 Å². The van der Waals surface area contributed by atoms with Crippen molar-refractivity contribution in [2.45, 2.75) is 25.1 Å². The van der Waals surface area contributed by atoms with Crippen LogP contribution in [0.4, 0.5) is 0 Å². The number of nitrogens with zero attached hydrogens (tertiary/aromatic N) is 4. The second kappa shape index (κ2) is 5.46. The molecule has 7 heteroatoms. The molecule has 17 heavy (non-hydrogen) atoms. The lowest BCUT2D eigenvalue weighted by molar-refractivity contribution is 0.169. The molecule has 1 rings (SSSR count). The molecule has 2 atom stereocenters. The average molecular weight is 256 g/mol. The molecule has 94 valence electrons. The number of hydrogen-bond acceptors (Lipinski definition) is 5. The summed E-state index contributed by atoms with van der Waals surface area (Å²) in [5.41, 5.74) is 0. The predicted molar refractivity (Wildman–Crippen MR) is 62.2 cm³/mol. The minimum absolute atomic E-state index is 0.201. The van der Waals surface area contributed by atoms with Crippen molar-refractivity contribution in [1.29, 1.82) is 10.5 Å². The first-order valence-electron chi connectivity index (χ1n) is 5.45. The molecule has 1 aliphatic rings. The predicted octanol–water partition coefficient (Wildman–Crippen LogP) is -0.242. The molecule has 0 aromatic heterocycles. The van der Waals surface area contributed by atoms with E-state index in [9.17, 15) is 8.42 Å². The van der Waals surface area contributed by atoms with Gasteiger partial charge in [-0.3, -0.25) is 4.90 Å². The van der Waals surface area contributed by atoms with Crippen LogP contribution in [0.25, 0.3) is 0 Å². The van der Waals surface area contributed by atoms with Crippen LogP contribution in [-0.4, -0.2) is 55.1 Å². The normalized spacial score (nSPS) is 22.4. The minimum Gasteiger partial charge on any atom is -0.286 e. The van der Waals surface area contributed by atoms with Gasteiger partial charge in [-0.15, -0.1) is 0 Å². The van der Waals surface area contributed by atoms with Crippen molar-refractivity contribution in [3.63, 3.8) is 0 Å². The lowest BCUT2D eigenvalue weighted by Gasteiger charge is -2.35. The van der Waals surface area contributed by atoms with E-state index in [4.69, 9.17) is 10.5 Å². The van der Waals surface area contributed by atoms with Gasteiger partial charge in [0.05, 0.1) is 18.2 Å². The Bertz CT molecular complexity index is 440. The van der Waals surface area contributed by atoms with E-state index in [-0.39, 0.29) is 6.04 Å². The maximum Gasteiger partial charge on any atom is 0.230 e. The summed E-state index contributed by atoms with van der Waals surface area (Å²) in [7, 11) is -3.51. The lowest BCUT2D eigenvalue weighted by Crippen LogP contribution is -2.52. The molecular formula is C10H16N4O2S. The first-order chi connectivity index (χ1) is 7.93. The maximum atomic E-state index is 11.9. The molecule has 0 aromatic rings. The molecule has 0 radical (unpaired) electrons. The molecule has 0 N–H and O–H groups in total. The van der Waals surface area contributed by atoms with Crippen molar-refractivity contribution in [2.75, 3.05) is 26.2 Å². The van der Waals surface area contributed by atoms with Gasteiger partial charge in [-0.2, -0.15) is 14.8 Å². The summed E-state index contributed by atoms with van der Waals surface area (Å²) < 4.78 is 25.1. The van der Waals surface area contributed by atoms with Crippen LogP contribution < -0.4 is 0 Å². The molecule has 0 amide bonds. The molecule has 0 aliphatic carbocycles. The third-order valence-corrected chi connectivity index (χ3v) is 5.08. The number of rotatable bonds is 3. The Morgan fingerprint density at radius 3 is 2.00 bits per heavy atom. The fourth-order valence-corrected chi connectivity index (χ4v) is 2.97. The van der Waals surface area contributed by atoms with Crippen LogP contribution >= 0.6 is 0 Å². The van der Waals surface area contributed by atoms with Gasteiger partial charge in [-0.1, -0.05) is 0 Å². The SMILES string of the molecule is CC(C#N)N1CCN(S(=O)(=O)C(C)C#N)CC1. The van der Waals surface area contributed by atoms with Gasteiger partial charge < -0.3 is 0 Å². The van der Waals surface area contributed by atoms with Gasteiger partial charge >= 0.3 is 0 Å². The largest absolute Gasteiger partial charge is 0.286 e. The molecule has 1 aliphatic heterocycles. The maximum absolute atomic E-state index is 11.9. The van der Waals surface area contributed by atoms with Crippen molar-refractivity contribution in [3.8, 4) is 12.1 Å². The molecular weight excluding hydrogens is 240 g/mol. The summed E-state index contributed by atoms with van der Waals surface area (Å²) in [6, 6.07) is 3.68. The first-order valence-corrected chi connectivity index (χ1v) is 6.96. The Morgan fingerprint density at radius 1 is 1.06 bits per heavy atom. The van der Waals surface area contributed by atoms with Gasteiger partial charge in [0.2, 0.25) is 10.0 Å². The van der Waals surface area contributed by atoms with Crippen LogP contribution in [0.2, 0.25) is 0 Å². The van der Waals surface area contributed by atoms with Gasteiger partial charge in [0.25, 0.3) is 0 Å². The van der Waals surface area contributed by atoms with Crippen LogP contribution in [0, 0.1) is 22.7 Å². The van der Waals surface area contributed by atoms with E-state index >= 15 is 0 Å². The van der Waals surface area contributed by atoms with Crippen LogP contribution in [0.15, 0.2) is 0 Å². The average Bonchev–Trinajstić information content (AvgIpc) is 2.36. The third-order valence-electron chi connectivity index (χ3n) is 3.00. The van der Waals surface area contributed by atoms with Crippen LogP contribution in [0.3, 0.4) is 0 Å². The molecule has 0 spiro atoms. The molecule has 0 saturated carbocycles. The van der Waals surface area contributed by atoms with Crippen molar-refractivity contribution in [3.05, 3.63) is 0 Å². The second-order valence-electron chi connectivity index (χ2n) is 4.06. The van der Waals surface area contributed by atoms with Gasteiger partial charge in [0, 0.05) is 26.2 Å². The van der Waals surface area contributed by atoms with E-state index in [2.05, 4.69) is 6.07 Å². The van der Waals surface area contributed by atoms with Crippen LogP contribution in [-0.2, 0) is 10.0 Å². The van der Waals surface area contributed by atoms with E-state index < -0.39 is 15.3 Å².